The SMILES string of the molecule is O=C(O)Cc1ccc(NC(=O)C2CNCCO2)cn1. The summed E-state index contributed by atoms with van der Waals surface area (Å²) in [6.07, 6.45) is 0.795. The highest BCUT2D eigenvalue weighted by Gasteiger charge is 2.21. The van der Waals surface area contributed by atoms with Crippen molar-refractivity contribution < 1.29 is 19.4 Å². The second-order valence-corrected chi connectivity index (χ2v) is 4.16. The fourth-order valence-corrected chi connectivity index (χ4v) is 1.71. The zero-order valence-corrected chi connectivity index (χ0v) is 10.3. The van der Waals surface area contributed by atoms with Crippen molar-refractivity contribution in [2.75, 3.05) is 25.0 Å². The Kier molecular flexibility index (Phi) is 4.43. The average Bonchev–Trinajstić information content (AvgIpc) is 2.41. The average molecular weight is 265 g/mol. The van der Waals surface area contributed by atoms with Gasteiger partial charge in [-0.25, -0.2) is 0 Å². The topological polar surface area (TPSA) is 101 Å². The molecule has 1 unspecified atom stereocenters. The van der Waals surface area contributed by atoms with Gasteiger partial charge in [0.25, 0.3) is 5.91 Å². The van der Waals surface area contributed by atoms with E-state index in [1.807, 2.05) is 0 Å². The lowest BCUT2D eigenvalue weighted by Gasteiger charge is -2.22. The van der Waals surface area contributed by atoms with Gasteiger partial charge in [0.05, 0.1) is 30.6 Å². The zero-order chi connectivity index (χ0) is 13.7. The summed E-state index contributed by atoms with van der Waals surface area (Å²) in [6.45, 7) is 1.74. The fourth-order valence-electron chi connectivity index (χ4n) is 1.71. The Morgan fingerprint density at radius 2 is 2.37 bits per heavy atom. The maximum absolute atomic E-state index is 11.8. The van der Waals surface area contributed by atoms with E-state index >= 15 is 0 Å². The molecule has 2 heterocycles. The molecule has 1 aliphatic rings. The Labute approximate surface area is 110 Å². The molecule has 1 aromatic rings. The summed E-state index contributed by atoms with van der Waals surface area (Å²) in [4.78, 5) is 26.3. The highest BCUT2D eigenvalue weighted by Crippen LogP contribution is 2.08. The smallest absolute Gasteiger partial charge is 0.309 e. The molecule has 0 spiro atoms. The van der Waals surface area contributed by atoms with Crippen LogP contribution in [0.15, 0.2) is 18.3 Å². The minimum atomic E-state index is -0.939. The number of nitrogens with zero attached hydrogens (tertiary/aromatic N) is 1. The minimum absolute atomic E-state index is 0.135. The number of anilines is 1. The number of carboxylic acid groups (broad SMARTS) is 1. The number of amides is 1. The van der Waals surface area contributed by atoms with Gasteiger partial charge in [0.2, 0.25) is 0 Å². The van der Waals surface area contributed by atoms with Crippen molar-refractivity contribution in [3.63, 3.8) is 0 Å². The second-order valence-electron chi connectivity index (χ2n) is 4.16. The maximum Gasteiger partial charge on any atom is 0.309 e. The third kappa shape index (κ3) is 4.01. The third-order valence-corrected chi connectivity index (χ3v) is 2.64. The van der Waals surface area contributed by atoms with Crippen LogP contribution in [-0.4, -0.2) is 47.8 Å². The number of aliphatic carboxylic acids is 1. The number of carboxylic acids is 1. The van der Waals surface area contributed by atoms with Crippen LogP contribution in [-0.2, 0) is 20.7 Å². The van der Waals surface area contributed by atoms with E-state index < -0.39 is 12.1 Å². The lowest BCUT2D eigenvalue weighted by molar-refractivity contribution is -0.136. The number of carbonyl (C=O) groups is 2. The van der Waals surface area contributed by atoms with Gasteiger partial charge in [-0.2, -0.15) is 0 Å². The number of carbonyl (C=O) groups excluding carboxylic acids is 1. The van der Waals surface area contributed by atoms with Crippen LogP contribution in [0.3, 0.4) is 0 Å². The molecule has 1 aliphatic heterocycles. The van der Waals surface area contributed by atoms with Gasteiger partial charge < -0.3 is 20.5 Å². The molecule has 0 radical (unpaired) electrons. The van der Waals surface area contributed by atoms with Crippen molar-refractivity contribution in [3.8, 4) is 0 Å². The maximum atomic E-state index is 11.8. The monoisotopic (exact) mass is 265 g/mol. The standard InChI is InChI=1S/C12H15N3O4/c16-11(17)5-8-1-2-9(6-14-8)15-12(18)10-7-13-3-4-19-10/h1-2,6,10,13H,3-5,7H2,(H,15,18)(H,16,17). The van der Waals surface area contributed by atoms with Crippen LogP contribution in [0, 0.1) is 0 Å². The van der Waals surface area contributed by atoms with E-state index in [0.29, 0.717) is 24.5 Å². The van der Waals surface area contributed by atoms with E-state index in [4.69, 9.17) is 9.84 Å². The van der Waals surface area contributed by atoms with Crippen LogP contribution in [0.4, 0.5) is 5.69 Å². The van der Waals surface area contributed by atoms with E-state index in [9.17, 15) is 9.59 Å². The molecule has 0 bridgehead atoms. The third-order valence-electron chi connectivity index (χ3n) is 2.64. The molecular formula is C12H15N3O4. The number of morpholine rings is 1. The van der Waals surface area contributed by atoms with E-state index in [0.717, 1.165) is 6.54 Å². The van der Waals surface area contributed by atoms with Crippen molar-refractivity contribution in [2.45, 2.75) is 12.5 Å². The first-order chi connectivity index (χ1) is 9.15. The summed E-state index contributed by atoms with van der Waals surface area (Å²) in [5, 5.41) is 14.4. The summed E-state index contributed by atoms with van der Waals surface area (Å²) in [5.41, 5.74) is 0.967. The van der Waals surface area contributed by atoms with Crippen molar-refractivity contribution in [3.05, 3.63) is 24.0 Å². The Bertz CT molecular complexity index is 455. The zero-order valence-electron chi connectivity index (χ0n) is 10.3. The summed E-state index contributed by atoms with van der Waals surface area (Å²) in [7, 11) is 0. The molecular weight excluding hydrogens is 250 g/mol. The molecule has 1 fully saturated rings. The number of hydrogen-bond donors (Lipinski definition) is 3. The molecule has 3 N–H and O–H groups in total. The van der Waals surface area contributed by atoms with Gasteiger partial charge in [0.1, 0.15) is 6.10 Å². The van der Waals surface area contributed by atoms with Crippen LogP contribution in [0.5, 0.6) is 0 Å². The largest absolute Gasteiger partial charge is 0.481 e. The molecule has 2 rings (SSSR count). The molecule has 1 amide bonds. The van der Waals surface area contributed by atoms with E-state index in [-0.39, 0.29) is 12.3 Å². The Morgan fingerprint density at radius 3 is 2.95 bits per heavy atom. The minimum Gasteiger partial charge on any atom is -0.481 e. The first-order valence-corrected chi connectivity index (χ1v) is 5.95. The molecule has 0 saturated carbocycles. The molecule has 7 nitrogen and oxygen atoms in total. The number of rotatable bonds is 4. The molecule has 0 aliphatic carbocycles. The summed E-state index contributed by atoms with van der Waals surface area (Å²) in [6, 6.07) is 3.20. The molecule has 0 aromatic carbocycles. The van der Waals surface area contributed by atoms with Crippen molar-refractivity contribution in [2.24, 2.45) is 0 Å². The molecule has 19 heavy (non-hydrogen) atoms. The van der Waals surface area contributed by atoms with Gasteiger partial charge in [-0.05, 0) is 12.1 Å². The second kappa shape index (κ2) is 6.26. The van der Waals surface area contributed by atoms with Crippen LogP contribution < -0.4 is 10.6 Å². The Hall–Kier alpha value is -1.99. The van der Waals surface area contributed by atoms with Crippen molar-refractivity contribution in [1.82, 2.24) is 10.3 Å². The van der Waals surface area contributed by atoms with E-state index in [1.165, 1.54) is 6.20 Å². The number of hydrogen-bond acceptors (Lipinski definition) is 5. The van der Waals surface area contributed by atoms with Gasteiger partial charge >= 0.3 is 5.97 Å². The van der Waals surface area contributed by atoms with Crippen LogP contribution >= 0.6 is 0 Å². The van der Waals surface area contributed by atoms with Crippen molar-refractivity contribution in [1.29, 1.82) is 0 Å². The predicted molar refractivity (Wildman–Crippen MR) is 66.8 cm³/mol. The lowest BCUT2D eigenvalue weighted by atomic mass is 10.2. The number of nitrogens with one attached hydrogen (secondary N) is 2. The number of ether oxygens (including phenoxy) is 1. The summed E-state index contributed by atoms with van der Waals surface area (Å²) < 4.78 is 5.32. The summed E-state index contributed by atoms with van der Waals surface area (Å²) in [5.74, 6) is -1.18. The first-order valence-electron chi connectivity index (χ1n) is 5.95. The molecule has 1 aromatic heterocycles. The van der Waals surface area contributed by atoms with Gasteiger partial charge in [-0.3, -0.25) is 14.6 Å². The van der Waals surface area contributed by atoms with Gasteiger partial charge in [0.15, 0.2) is 0 Å². The van der Waals surface area contributed by atoms with Crippen LogP contribution in [0.1, 0.15) is 5.69 Å². The fraction of sp³-hybridized carbons (Fsp3) is 0.417. The normalized spacial score (nSPS) is 18.8. The van der Waals surface area contributed by atoms with E-state index in [2.05, 4.69) is 15.6 Å². The predicted octanol–water partition coefficient (Wildman–Crippen LogP) is -0.364. The van der Waals surface area contributed by atoms with Crippen molar-refractivity contribution >= 4 is 17.6 Å². The number of aromatic nitrogens is 1. The van der Waals surface area contributed by atoms with Crippen LogP contribution in [0.25, 0.3) is 0 Å². The number of pyridine rings is 1. The first kappa shape index (κ1) is 13.4. The highest BCUT2D eigenvalue weighted by molar-refractivity contribution is 5.94. The van der Waals surface area contributed by atoms with Gasteiger partial charge in [-0.1, -0.05) is 0 Å². The lowest BCUT2D eigenvalue weighted by Crippen LogP contribution is -2.45. The molecule has 1 saturated heterocycles. The van der Waals surface area contributed by atoms with Crippen LogP contribution in [0.2, 0.25) is 0 Å². The Balaban J connectivity index is 1.91. The van der Waals surface area contributed by atoms with Gasteiger partial charge in [0, 0.05) is 13.1 Å². The molecule has 7 heteroatoms. The highest BCUT2D eigenvalue weighted by atomic mass is 16.5. The Morgan fingerprint density at radius 1 is 1.53 bits per heavy atom. The molecule has 1 atom stereocenters. The molecule has 102 valence electrons. The van der Waals surface area contributed by atoms with Gasteiger partial charge in [-0.15, -0.1) is 0 Å². The van der Waals surface area contributed by atoms with E-state index in [1.54, 1.807) is 12.1 Å². The quantitative estimate of drug-likeness (QED) is 0.687. The summed E-state index contributed by atoms with van der Waals surface area (Å²) >= 11 is 0.